The predicted octanol–water partition coefficient (Wildman–Crippen LogP) is 13.2. The van der Waals surface area contributed by atoms with Gasteiger partial charge in [0.1, 0.15) is 0 Å². The van der Waals surface area contributed by atoms with Crippen LogP contribution in [0.15, 0.2) is 176 Å². The van der Waals surface area contributed by atoms with Gasteiger partial charge in [0, 0.05) is 37.1 Å². The maximum Gasteiger partial charge on any atom is 0.0540 e. The average molecular weight is 604 g/mol. The molecule has 1 heterocycles. The Labute approximate surface area is 272 Å². The van der Waals surface area contributed by atoms with Crippen molar-refractivity contribution in [1.29, 1.82) is 0 Å². The van der Waals surface area contributed by atoms with Gasteiger partial charge in [0.15, 0.2) is 0 Å². The summed E-state index contributed by atoms with van der Waals surface area (Å²) in [5.41, 5.74) is 8.30. The number of benzene rings is 8. The van der Waals surface area contributed by atoms with Crippen LogP contribution in [-0.4, -0.2) is 0 Å². The normalized spacial score (nSPS) is 11.5. The average Bonchev–Trinajstić information content (AvgIpc) is 3.50. The van der Waals surface area contributed by atoms with Crippen molar-refractivity contribution >= 4 is 70.1 Å². The largest absolute Gasteiger partial charge is 0.310 e. The Balaban J connectivity index is 1.16. The topological polar surface area (TPSA) is 3.24 Å². The molecule has 46 heavy (non-hydrogen) atoms. The fourth-order valence-electron chi connectivity index (χ4n) is 6.73. The van der Waals surface area contributed by atoms with Crippen LogP contribution in [0.1, 0.15) is 0 Å². The molecule has 0 unspecified atom stereocenters. The summed E-state index contributed by atoms with van der Waals surface area (Å²) in [6.07, 6.45) is 0. The summed E-state index contributed by atoms with van der Waals surface area (Å²) in [4.78, 5) is 2.40. The molecule has 0 aliphatic rings. The number of para-hydroxylation sites is 2. The third-order valence-electron chi connectivity index (χ3n) is 9.01. The maximum absolute atomic E-state index is 2.40. The van der Waals surface area contributed by atoms with Crippen LogP contribution >= 0.6 is 11.3 Å². The lowest BCUT2D eigenvalue weighted by Gasteiger charge is -2.28. The highest BCUT2D eigenvalue weighted by Crippen LogP contribution is 2.44. The van der Waals surface area contributed by atoms with Gasteiger partial charge in [0.25, 0.3) is 0 Å². The molecule has 0 saturated carbocycles. The second kappa shape index (κ2) is 11.0. The number of fused-ring (bicyclic) bond motifs is 5. The van der Waals surface area contributed by atoms with E-state index < -0.39 is 0 Å². The summed E-state index contributed by atoms with van der Waals surface area (Å²) in [7, 11) is 0. The Morgan fingerprint density at radius 2 is 0.935 bits per heavy atom. The summed E-state index contributed by atoms with van der Waals surface area (Å²) < 4.78 is 2.63. The molecule has 0 amide bonds. The van der Waals surface area contributed by atoms with Crippen LogP contribution in [0.3, 0.4) is 0 Å². The lowest BCUT2D eigenvalue weighted by atomic mass is 9.95. The van der Waals surface area contributed by atoms with Crippen molar-refractivity contribution in [1.82, 2.24) is 0 Å². The van der Waals surface area contributed by atoms with Gasteiger partial charge < -0.3 is 4.90 Å². The SMILES string of the molecule is c1ccc(N(c2ccc3sc4ccccc4c3c2)c2ccccc2-c2ccc3cc(-c4ccc5ccccc5c4)ccc3c2)cc1. The van der Waals surface area contributed by atoms with E-state index >= 15 is 0 Å². The summed E-state index contributed by atoms with van der Waals surface area (Å²) in [5, 5.41) is 7.60. The van der Waals surface area contributed by atoms with Crippen LogP contribution in [0, 0.1) is 0 Å². The van der Waals surface area contributed by atoms with Gasteiger partial charge in [0.2, 0.25) is 0 Å². The van der Waals surface area contributed by atoms with Crippen molar-refractivity contribution in [3.63, 3.8) is 0 Å². The third kappa shape index (κ3) is 4.63. The van der Waals surface area contributed by atoms with E-state index in [4.69, 9.17) is 0 Å². The molecule has 0 saturated heterocycles. The first-order valence-electron chi connectivity index (χ1n) is 15.7. The van der Waals surface area contributed by atoms with Crippen molar-refractivity contribution in [3.05, 3.63) is 176 Å². The first-order chi connectivity index (χ1) is 22.8. The molecule has 0 spiro atoms. The molecule has 0 atom stereocenters. The number of hydrogen-bond acceptors (Lipinski definition) is 2. The molecule has 0 aliphatic carbocycles. The summed E-state index contributed by atoms with van der Waals surface area (Å²) in [6.45, 7) is 0. The van der Waals surface area contributed by atoms with Crippen LogP contribution < -0.4 is 4.90 Å². The molecule has 1 nitrogen and oxygen atoms in total. The molecule has 0 N–H and O–H groups in total. The van der Waals surface area contributed by atoms with Gasteiger partial charge in [-0.3, -0.25) is 0 Å². The van der Waals surface area contributed by atoms with E-state index in [-0.39, 0.29) is 0 Å². The molecule has 2 heteroatoms. The van der Waals surface area contributed by atoms with Crippen molar-refractivity contribution in [2.75, 3.05) is 4.90 Å². The Morgan fingerprint density at radius 3 is 1.76 bits per heavy atom. The Hall–Kier alpha value is -5.70. The zero-order chi connectivity index (χ0) is 30.5. The fraction of sp³-hybridized carbons (Fsp3) is 0. The summed E-state index contributed by atoms with van der Waals surface area (Å²) >= 11 is 1.86. The monoisotopic (exact) mass is 603 g/mol. The van der Waals surface area contributed by atoms with E-state index in [0.717, 1.165) is 17.1 Å². The highest BCUT2D eigenvalue weighted by Gasteiger charge is 2.18. The number of hydrogen-bond donors (Lipinski definition) is 0. The smallest absolute Gasteiger partial charge is 0.0540 e. The lowest BCUT2D eigenvalue weighted by Crippen LogP contribution is -2.11. The molecular formula is C44H29NS. The molecule has 9 rings (SSSR count). The zero-order valence-corrected chi connectivity index (χ0v) is 25.9. The van der Waals surface area contributed by atoms with Crippen molar-refractivity contribution in [2.45, 2.75) is 0 Å². The van der Waals surface area contributed by atoms with Gasteiger partial charge in [-0.15, -0.1) is 11.3 Å². The van der Waals surface area contributed by atoms with Crippen LogP contribution in [-0.2, 0) is 0 Å². The molecule has 8 aromatic carbocycles. The number of nitrogens with zero attached hydrogens (tertiary/aromatic N) is 1. The Kier molecular flexibility index (Phi) is 6.40. The van der Waals surface area contributed by atoms with Gasteiger partial charge in [0.05, 0.1) is 5.69 Å². The van der Waals surface area contributed by atoms with Crippen LogP contribution in [0.2, 0.25) is 0 Å². The maximum atomic E-state index is 2.40. The first kappa shape index (κ1) is 26.7. The number of rotatable bonds is 5. The van der Waals surface area contributed by atoms with Gasteiger partial charge in [-0.1, -0.05) is 115 Å². The van der Waals surface area contributed by atoms with Gasteiger partial charge in [-0.2, -0.15) is 0 Å². The highest BCUT2D eigenvalue weighted by atomic mass is 32.1. The van der Waals surface area contributed by atoms with E-state index in [1.807, 2.05) is 11.3 Å². The molecule has 216 valence electrons. The molecule has 9 aromatic rings. The fourth-order valence-corrected chi connectivity index (χ4v) is 7.82. The summed E-state index contributed by atoms with van der Waals surface area (Å²) in [5.74, 6) is 0. The quantitative estimate of drug-likeness (QED) is 0.189. The van der Waals surface area contributed by atoms with E-state index in [1.165, 1.54) is 64.0 Å². The second-order valence-corrected chi connectivity index (χ2v) is 12.9. The van der Waals surface area contributed by atoms with E-state index in [0.29, 0.717) is 0 Å². The van der Waals surface area contributed by atoms with E-state index in [9.17, 15) is 0 Å². The molecule has 0 fully saturated rings. The van der Waals surface area contributed by atoms with Gasteiger partial charge in [-0.25, -0.2) is 0 Å². The minimum Gasteiger partial charge on any atom is -0.310 e. The predicted molar refractivity (Wildman–Crippen MR) is 200 cm³/mol. The zero-order valence-electron chi connectivity index (χ0n) is 25.1. The number of thiophene rings is 1. The van der Waals surface area contributed by atoms with E-state index in [2.05, 4.69) is 181 Å². The molecular weight excluding hydrogens is 575 g/mol. The Bertz CT molecular complexity index is 2540. The van der Waals surface area contributed by atoms with Crippen LogP contribution in [0.5, 0.6) is 0 Å². The van der Waals surface area contributed by atoms with Crippen LogP contribution in [0.25, 0.3) is 64.0 Å². The highest BCUT2D eigenvalue weighted by molar-refractivity contribution is 7.25. The lowest BCUT2D eigenvalue weighted by molar-refractivity contribution is 1.29. The minimum absolute atomic E-state index is 1.13. The van der Waals surface area contributed by atoms with Gasteiger partial charge >= 0.3 is 0 Å². The van der Waals surface area contributed by atoms with E-state index in [1.54, 1.807) is 0 Å². The Morgan fingerprint density at radius 1 is 0.348 bits per heavy atom. The minimum atomic E-state index is 1.13. The third-order valence-corrected chi connectivity index (χ3v) is 10.2. The standard InChI is InChI=1S/C44H29NS/c1-2-12-37(13-3-1)45(38-24-25-44-41(29-38)40-15-7-9-17-43(40)46-44)42-16-8-6-14-39(42)36-23-22-34-27-33(20-21-35(34)28-36)32-19-18-30-10-4-5-11-31(30)26-32/h1-29H. The van der Waals surface area contributed by atoms with Crippen molar-refractivity contribution in [2.24, 2.45) is 0 Å². The molecule has 1 aromatic heterocycles. The summed E-state index contributed by atoms with van der Waals surface area (Å²) in [6, 6.07) is 64.0. The second-order valence-electron chi connectivity index (χ2n) is 11.8. The van der Waals surface area contributed by atoms with Crippen LogP contribution in [0.4, 0.5) is 17.1 Å². The van der Waals surface area contributed by atoms with Crippen molar-refractivity contribution < 1.29 is 0 Å². The number of anilines is 3. The first-order valence-corrected chi connectivity index (χ1v) is 16.5. The molecule has 0 radical (unpaired) electrons. The molecule has 0 bridgehead atoms. The van der Waals surface area contributed by atoms with Gasteiger partial charge in [-0.05, 0) is 98.9 Å². The van der Waals surface area contributed by atoms with Crippen molar-refractivity contribution in [3.8, 4) is 22.3 Å². The molecule has 0 aliphatic heterocycles.